The zero-order valence-corrected chi connectivity index (χ0v) is 16.3. The fourth-order valence-electron chi connectivity index (χ4n) is 3.40. The summed E-state index contributed by atoms with van der Waals surface area (Å²) in [5.41, 5.74) is 6.40. The number of hydrogen-bond acceptors (Lipinski definition) is 3. The molecule has 0 fully saturated rings. The van der Waals surface area contributed by atoms with Gasteiger partial charge in [0.15, 0.2) is 0 Å². The zero-order valence-electron chi connectivity index (χ0n) is 15.5. The van der Waals surface area contributed by atoms with E-state index in [1.165, 1.54) is 22.4 Å². The Balaban J connectivity index is 1.70. The molecule has 0 N–H and O–H groups in total. The Bertz CT molecular complexity index is 888. The number of anilines is 1. The van der Waals surface area contributed by atoms with Crippen molar-refractivity contribution in [2.45, 2.75) is 38.6 Å². The minimum Gasteiger partial charge on any atom is -0.257 e. The topological polar surface area (TPSA) is 15.6 Å². The van der Waals surface area contributed by atoms with Crippen molar-refractivity contribution in [3.8, 4) is 0 Å². The molecule has 132 valence electrons. The van der Waals surface area contributed by atoms with Crippen LogP contribution in [0, 0.1) is 0 Å². The summed E-state index contributed by atoms with van der Waals surface area (Å²) in [4.78, 5) is 0. The van der Waals surface area contributed by atoms with Crippen molar-refractivity contribution in [1.82, 2.24) is 0 Å². The van der Waals surface area contributed by atoms with Gasteiger partial charge in [-0.15, -0.1) is 0 Å². The second-order valence-corrected chi connectivity index (χ2v) is 8.61. The van der Waals surface area contributed by atoms with E-state index in [0.717, 1.165) is 12.1 Å². The number of rotatable bonds is 3. The van der Waals surface area contributed by atoms with Crippen LogP contribution in [0.5, 0.6) is 0 Å². The molecule has 4 rings (SSSR count). The van der Waals surface area contributed by atoms with Gasteiger partial charge in [0.2, 0.25) is 0 Å². The van der Waals surface area contributed by atoms with Gasteiger partial charge in [-0.25, -0.2) is 0 Å². The zero-order chi connectivity index (χ0) is 18.1. The largest absolute Gasteiger partial charge is 0.257 e. The summed E-state index contributed by atoms with van der Waals surface area (Å²) in [6.45, 7) is 6.77. The molecule has 2 heterocycles. The van der Waals surface area contributed by atoms with E-state index >= 15 is 0 Å². The predicted octanol–water partition coefficient (Wildman–Crippen LogP) is 6.40. The first-order chi connectivity index (χ1) is 12.5. The highest BCUT2D eigenvalue weighted by Gasteiger charge is 2.30. The number of thiophene rings is 1. The van der Waals surface area contributed by atoms with Gasteiger partial charge in [-0.05, 0) is 45.5 Å². The van der Waals surface area contributed by atoms with Crippen LogP contribution in [0.3, 0.4) is 0 Å². The second kappa shape index (κ2) is 6.73. The average molecular weight is 361 g/mol. The highest BCUT2D eigenvalue weighted by Crippen LogP contribution is 2.37. The maximum atomic E-state index is 4.99. The molecule has 2 nitrogen and oxygen atoms in total. The molecule has 0 aliphatic carbocycles. The molecule has 1 atom stereocenters. The standard InChI is InChI=1S/C23H24N2S/c1-23(2,3)19-11-9-17(10-12-19)22-15-21(18-13-14-26-16-18)24-25(22)20-7-5-4-6-8-20/h4-14,16,22H,15H2,1-3H3. The van der Waals surface area contributed by atoms with Crippen molar-refractivity contribution in [1.29, 1.82) is 0 Å². The molecule has 0 amide bonds. The van der Waals surface area contributed by atoms with Gasteiger partial charge in [-0.3, -0.25) is 5.01 Å². The minimum atomic E-state index is 0.172. The van der Waals surface area contributed by atoms with E-state index < -0.39 is 0 Å². The van der Waals surface area contributed by atoms with E-state index in [0.29, 0.717) is 0 Å². The Hall–Kier alpha value is -2.39. The summed E-state index contributed by atoms with van der Waals surface area (Å²) < 4.78 is 0. The summed E-state index contributed by atoms with van der Waals surface area (Å²) in [6, 6.07) is 21.9. The molecule has 1 aromatic heterocycles. The molecule has 0 spiro atoms. The molecule has 0 saturated heterocycles. The fraction of sp³-hybridized carbons (Fsp3) is 0.261. The lowest BCUT2D eigenvalue weighted by molar-refractivity contribution is 0.589. The van der Waals surface area contributed by atoms with Crippen molar-refractivity contribution in [2.75, 3.05) is 5.01 Å². The Labute approximate surface area is 159 Å². The number of hydrazone groups is 1. The minimum absolute atomic E-state index is 0.172. The molecule has 26 heavy (non-hydrogen) atoms. The first-order valence-electron chi connectivity index (χ1n) is 9.07. The van der Waals surface area contributed by atoms with Crippen LogP contribution in [0.4, 0.5) is 5.69 Å². The quantitative estimate of drug-likeness (QED) is 0.527. The fourth-order valence-corrected chi connectivity index (χ4v) is 4.06. The van der Waals surface area contributed by atoms with Crippen LogP contribution < -0.4 is 5.01 Å². The van der Waals surface area contributed by atoms with Gasteiger partial charge in [0.25, 0.3) is 0 Å². The normalized spacial score (nSPS) is 17.4. The molecule has 1 aliphatic rings. The van der Waals surface area contributed by atoms with E-state index in [-0.39, 0.29) is 11.5 Å². The van der Waals surface area contributed by atoms with Crippen LogP contribution in [0.2, 0.25) is 0 Å². The van der Waals surface area contributed by atoms with Crippen molar-refractivity contribution < 1.29 is 0 Å². The summed E-state index contributed by atoms with van der Waals surface area (Å²) >= 11 is 1.73. The van der Waals surface area contributed by atoms with Crippen LogP contribution >= 0.6 is 11.3 Å². The van der Waals surface area contributed by atoms with Gasteiger partial charge in [-0.2, -0.15) is 16.4 Å². The Kier molecular flexibility index (Phi) is 4.41. The molecule has 0 bridgehead atoms. The first-order valence-corrected chi connectivity index (χ1v) is 10.0. The molecule has 0 saturated carbocycles. The lowest BCUT2D eigenvalue weighted by Gasteiger charge is -2.25. The maximum absolute atomic E-state index is 4.99. The molecular weight excluding hydrogens is 336 g/mol. The molecule has 1 unspecified atom stereocenters. The summed E-state index contributed by atoms with van der Waals surface area (Å²) in [5, 5.41) is 11.5. The van der Waals surface area contributed by atoms with Crippen molar-refractivity contribution in [3.63, 3.8) is 0 Å². The van der Waals surface area contributed by atoms with Crippen LogP contribution in [-0.4, -0.2) is 5.71 Å². The summed E-state index contributed by atoms with van der Waals surface area (Å²) in [6.07, 6.45) is 0.931. The van der Waals surface area contributed by atoms with Crippen LogP contribution in [0.1, 0.15) is 49.9 Å². The van der Waals surface area contributed by atoms with E-state index in [1.54, 1.807) is 11.3 Å². The number of benzene rings is 2. The Morgan fingerprint density at radius 2 is 1.69 bits per heavy atom. The smallest absolute Gasteiger partial charge is 0.0831 e. The van der Waals surface area contributed by atoms with Gasteiger partial charge in [0.05, 0.1) is 17.4 Å². The van der Waals surface area contributed by atoms with Gasteiger partial charge < -0.3 is 0 Å². The van der Waals surface area contributed by atoms with E-state index in [4.69, 9.17) is 5.10 Å². The summed E-state index contributed by atoms with van der Waals surface area (Å²) in [5.74, 6) is 0. The van der Waals surface area contributed by atoms with Crippen molar-refractivity contribution in [2.24, 2.45) is 5.10 Å². The first kappa shape index (κ1) is 17.0. The van der Waals surface area contributed by atoms with Crippen LogP contribution in [-0.2, 0) is 5.41 Å². The van der Waals surface area contributed by atoms with Crippen molar-refractivity contribution in [3.05, 3.63) is 88.1 Å². The molecule has 1 aliphatic heterocycles. The van der Waals surface area contributed by atoms with Crippen molar-refractivity contribution >= 4 is 22.7 Å². The number of hydrogen-bond donors (Lipinski definition) is 0. The van der Waals surface area contributed by atoms with Gasteiger partial charge in [-0.1, -0.05) is 63.2 Å². The molecule has 3 heteroatoms. The lowest BCUT2D eigenvalue weighted by atomic mass is 9.86. The number of nitrogens with zero attached hydrogens (tertiary/aromatic N) is 2. The van der Waals surface area contributed by atoms with Crippen LogP contribution in [0.25, 0.3) is 0 Å². The highest BCUT2D eigenvalue weighted by atomic mass is 32.1. The third-order valence-electron chi connectivity index (χ3n) is 4.95. The highest BCUT2D eigenvalue weighted by molar-refractivity contribution is 7.08. The summed E-state index contributed by atoms with van der Waals surface area (Å²) in [7, 11) is 0. The van der Waals surface area contributed by atoms with Gasteiger partial charge >= 0.3 is 0 Å². The SMILES string of the molecule is CC(C)(C)c1ccc(C2CC(c3ccsc3)=NN2c2ccccc2)cc1. The van der Waals surface area contributed by atoms with E-state index in [9.17, 15) is 0 Å². The van der Waals surface area contributed by atoms with Gasteiger partial charge in [0, 0.05) is 12.0 Å². The van der Waals surface area contributed by atoms with E-state index in [1.807, 2.05) is 0 Å². The van der Waals surface area contributed by atoms with Gasteiger partial charge in [0.1, 0.15) is 0 Å². The van der Waals surface area contributed by atoms with E-state index in [2.05, 4.69) is 97.2 Å². The maximum Gasteiger partial charge on any atom is 0.0831 e. The molecule has 0 radical (unpaired) electrons. The third-order valence-corrected chi connectivity index (χ3v) is 5.63. The predicted molar refractivity (Wildman–Crippen MR) is 112 cm³/mol. The monoisotopic (exact) mass is 360 g/mol. The Morgan fingerprint density at radius 1 is 0.962 bits per heavy atom. The third kappa shape index (κ3) is 3.32. The molecule has 3 aromatic rings. The Morgan fingerprint density at radius 3 is 2.31 bits per heavy atom. The number of para-hydroxylation sites is 1. The molecular formula is C23H24N2S. The molecule has 2 aromatic carbocycles. The van der Waals surface area contributed by atoms with Crippen LogP contribution in [0.15, 0.2) is 76.5 Å². The average Bonchev–Trinajstić information content (AvgIpc) is 3.31. The lowest BCUT2D eigenvalue weighted by Crippen LogP contribution is -2.19. The second-order valence-electron chi connectivity index (χ2n) is 7.83.